The molecule has 2 N–H and O–H groups in total. The lowest BCUT2D eigenvalue weighted by Gasteiger charge is -2.15. The Balaban J connectivity index is 2.32. The van der Waals surface area contributed by atoms with Crippen molar-refractivity contribution in [2.45, 2.75) is 13.0 Å². The molecule has 1 aromatic carbocycles. The normalized spacial score (nSPS) is 11.9. The van der Waals surface area contributed by atoms with Crippen molar-refractivity contribution < 1.29 is 4.92 Å². The molecule has 19 heavy (non-hydrogen) atoms. The van der Waals surface area contributed by atoms with Gasteiger partial charge in [-0.1, -0.05) is 6.07 Å². The van der Waals surface area contributed by atoms with Crippen molar-refractivity contribution in [1.29, 1.82) is 0 Å². The summed E-state index contributed by atoms with van der Waals surface area (Å²) in [6.45, 7) is 1.98. The zero-order valence-corrected chi connectivity index (χ0v) is 11.5. The lowest BCUT2D eigenvalue weighted by Crippen LogP contribution is -2.08. The molecule has 2 rings (SSSR count). The molecule has 5 nitrogen and oxygen atoms in total. The van der Waals surface area contributed by atoms with Crippen molar-refractivity contribution in [2.75, 3.05) is 17.7 Å². The van der Waals surface area contributed by atoms with E-state index in [9.17, 15) is 10.1 Å². The quantitative estimate of drug-likeness (QED) is 0.643. The first-order chi connectivity index (χ1) is 9.13. The van der Waals surface area contributed by atoms with E-state index in [0.717, 1.165) is 5.56 Å². The van der Waals surface area contributed by atoms with Crippen LogP contribution in [0.2, 0.25) is 0 Å². The van der Waals surface area contributed by atoms with Gasteiger partial charge in [0, 0.05) is 13.1 Å². The van der Waals surface area contributed by atoms with Gasteiger partial charge in [-0.25, -0.2) is 0 Å². The third kappa shape index (κ3) is 2.85. The van der Waals surface area contributed by atoms with Crippen LogP contribution in [0.25, 0.3) is 0 Å². The molecule has 1 heterocycles. The average molecular weight is 277 g/mol. The highest BCUT2D eigenvalue weighted by molar-refractivity contribution is 7.07. The van der Waals surface area contributed by atoms with Crippen LogP contribution in [0.4, 0.5) is 17.1 Å². The zero-order valence-electron chi connectivity index (χ0n) is 10.7. The van der Waals surface area contributed by atoms with Gasteiger partial charge in [0.05, 0.1) is 4.92 Å². The highest BCUT2D eigenvalue weighted by Crippen LogP contribution is 2.34. The van der Waals surface area contributed by atoms with Gasteiger partial charge in [0.2, 0.25) is 0 Å². The first-order valence-electron chi connectivity index (χ1n) is 5.87. The van der Waals surface area contributed by atoms with Crippen molar-refractivity contribution in [2.24, 2.45) is 0 Å². The van der Waals surface area contributed by atoms with Gasteiger partial charge in [-0.2, -0.15) is 11.3 Å². The Kier molecular flexibility index (Phi) is 4.01. The number of rotatable bonds is 5. The molecule has 0 aliphatic heterocycles. The highest BCUT2D eigenvalue weighted by atomic mass is 32.1. The molecule has 0 saturated heterocycles. The van der Waals surface area contributed by atoms with Crippen LogP contribution in [0.1, 0.15) is 18.5 Å². The van der Waals surface area contributed by atoms with E-state index in [1.165, 1.54) is 0 Å². The second-order valence-electron chi connectivity index (χ2n) is 4.13. The van der Waals surface area contributed by atoms with Gasteiger partial charge in [-0.05, 0) is 41.4 Å². The van der Waals surface area contributed by atoms with E-state index in [1.807, 2.05) is 23.8 Å². The van der Waals surface area contributed by atoms with Gasteiger partial charge in [0.15, 0.2) is 0 Å². The van der Waals surface area contributed by atoms with E-state index in [4.69, 9.17) is 0 Å². The van der Waals surface area contributed by atoms with Crippen LogP contribution in [0.5, 0.6) is 0 Å². The minimum atomic E-state index is -0.367. The van der Waals surface area contributed by atoms with Crippen LogP contribution < -0.4 is 10.6 Å². The number of anilines is 2. The second kappa shape index (κ2) is 5.71. The molecule has 1 atom stereocenters. The molecule has 6 heteroatoms. The third-order valence-electron chi connectivity index (χ3n) is 2.90. The average Bonchev–Trinajstić information content (AvgIpc) is 2.92. The number of nitrogens with one attached hydrogen (secondary N) is 2. The van der Waals surface area contributed by atoms with Crippen molar-refractivity contribution in [1.82, 2.24) is 0 Å². The Labute approximate surface area is 115 Å². The van der Waals surface area contributed by atoms with Gasteiger partial charge >= 0.3 is 5.69 Å². The SMILES string of the molecule is CNc1cccc(NC(C)c2ccsc2)c1[N+](=O)[O-]. The summed E-state index contributed by atoms with van der Waals surface area (Å²) in [7, 11) is 1.68. The first kappa shape index (κ1) is 13.4. The van der Waals surface area contributed by atoms with Gasteiger partial charge in [0.1, 0.15) is 11.4 Å². The van der Waals surface area contributed by atoms with Crippen LogP contribution in [0.3, 0.4) is 0 Å². The lowest BCUT2D eigenvalue weighted by atomic mass is 10.1. The summed E-state index contributed by atoms with van der Waals surface area (Å²) in [6, 6.07) is 7.25. The molecule has 0 radical (unpaired) electrons. The van der Waals surface area contributed by atoms with E-state index in [2.05, 4.69) is 10.6 Å². The first-order valence-corrected chi connectivity index (χ1v) is 6.81. The molecule has 0 fully saturated rings. The van der Waals surface area contributed by atoms with E-state index < -0.39 is 0 Å². The fourth-order valence-corrected chi connectivity index (χ4v) is 2.65. The Morgan fingerprint density at radius 2 is 2.05 bits per heavy atom. The topological polar surface area (TPSA) is 67.2 Å². The maximum Gasteiger partial charge on any atom is 0.315 e. The van der Waals surface area contributed by atoms with E-state index in [0.29, 0.717) is 11.4 Å². The van der Waals surface area contributed by atoms with E-state index >= 15 is 0 Å². The lowest BCUT2D eigenvalue weighted by molar-refractivity contribution is -0.383. The second-order valence-corrected chi connectivity index (χ2v) is 4.91. The predicted molar refractivity (Wildman–Crippen MR) is 79.0 cm³/mol. The molecule has 0 aliphatic carbocycles. The summed E-state index contributed by atoms with van der Waals surface area (Å²) < 4.78 is 0. The van der Waals surface area contributed by atoms with Gasteiger partial charge in [0.25, 0.3) is 0 Å². The molecule has 100 valence electrons. The van der Waals surface area contributed by atoms with Crippen molar-refractivity contribution in [3.05, 3.63) is 50.7 Å². The zero-order chi connectivity index (χ0) is 13.8. The molecule has 0 bridgehead atoms. The summed E-state index contributed by atoms with van der Waals surface area (Å²) >= 11 is 1.61. The van der Waals surface area contributed by atoms with Crippen LogP contribution in [-0.2, 0) is 0 Å². The molecule has 0 saturated carbocycles. The van der Waals surface area contributed by atoms with Crippen LogP contribution in [0.15, 0.2) is 35.0 Å². The van der Waals surface area contributed by atoms with E-state index in [-0.39, 0.29) is 16.7 Å². The van der Waals surface area contributed by atoms with Crippen LogP contribution in [0, 0.1) is 10.1 Å². The number of nitrogens with zero attached hydrogens (tertiary/aromatic N) is 1. The number of hydrogen-bond acceptors (Lipinski definition) is 5. The maximum atomic E-state index is 11.2. The summed E-state index contributed by atoms with van der Waals surface area (Å²) in [5.74, 6) is 0. The fraction of sp³-hybridized carbons (Fsp3) is 0.231. The number of hydrogen-bond donors (Lipinski definition) is 2. The van der Waals surface area contributed by atoms with Gasteiger partial charge < -0.3 is 10.6 Å². The Hall–Kier alpha value is -2.08. The number of thiophene rings is 1. The molecule has 2 aromatic rings. The summed E-state index contributed by atoms with van der Waals surface area (Å²) in [6.07, 6.45) is 0. The summed E-state index contributed by atoms with van der Waals surface area (Å²) in [5.41, 5.74) is 2.23. The van der Waals surface area contributed by atoms with E-state index in [1.54, 1.807) is 36.6 Å². The number of nitro groups is 1. The minimum Gasteiger partial charge on any atom is -0.382 e. The van der Waals surface area contributed by atoms with Crippen LogP contribution in [-0.4, -0.2) is 12.0 Å². The molecule has 1 unspecified atom stereocenters. The van der Waals surface area contributed by atoms with Crippen molar-refractivity contribution in [3.8, 4) is 0 Å². The van der Waals surface area contributed by atoms with Crippen molar-refractivity contribution in [3.63, 3.8) is 0 Å². The molecular weight excluding hydrogens is 262 g/mol. The Morgan fingerprint density at radius 3 is 2.63 bits per heavy atom. The number of nitro benzene ring substituents is 1. The summed E-state index contributed by atoms with van der Waals surface area (Å²) in [5, 5.41) is 21.3. The van der Waals surface area contributed by atoms with Gasteiger partial charge in [-0.3, -0.25) is 10.1 Å². The Bertz CT molecular complexity index is 569. The standard InChI is InChI=1S/C13H15N3O2S/c1-9(10-6-7-19-8-10)15-12-5-3-4-11(14-2)13(12)16(17)18/h3-9,14-15H,1-2H3. The molecule has 0 spiro atoms. The maximum absolute atomic E-state index is 11.2. The third-order valence-corrected chi connectivity index (χ3v) is 3.60. The number of para-hydroxylation sites is 1. The molecular formula is C13H15N3O2S. The highest BCUT2D eigenvalue weighted by Gasteiger charge is 2.20. The molecule has 0 aliphatic rings. The summed E-state index contributed by atoms with van der Waals surface area (Å²) in [4.78, 5) is 10.8. The number of benzene rings is 1. The largest absolute Gasteiger partial charge is 0.382 e. The molecule has 0 amide bonds. The van der Waals surface area contributed by atoms with Crippen molar-refractivity contribution >= 4 is 28.4 Å². The fourth-order valence-electron chi connectivity index (χ4n) is 1.90. The van der Waals surface area contributed by atoms with Gasteiger partial charge in [-0.15, -0.1) is 0 Å². The van der Waals surface area contributed by atoms with Crippen LogP contribution >= 0.6 is 11.3 Å². The molecule has 1 aromatic heterocycles. The minimum absolute atomic E-state index is 0.0251. The predicted octanol–water partition coefficient (Wildman–Crippen LogP) is 3.87. The Morgan fingerprint density at radius 1 is 1.32 bits per heavy atom. The smallest absolute Gasteiger partial charge is 0.315 e. The monoisotopic (exact) mass is 277 g/mol.